The van der Waals surface area contributed by atoms with Gasteiger partial charge < -0.3 is 15.7 Å². The van der Waals surface area contributed by atoms with Crippen LogP contribution in [0.5, 0.6) is 0 Å². The fraction of sp³-hybridized carbons (Fsp3) is 0.895. The van der Waals surface area contributed by atoms with Crippen molar-refractivity contribution in [3.05, 3.63) is 0 Å². The van der Waals surface area contributed by atoms with E-state index in [9.17, 15) is 15.2 Å². The third kappa shape index (κ3) is 1.84. The van der Waals surface area contributed by atoms with Crippen LogP contribution in [0.1, 0.15) is 51.9 Å². The maximum atomic E-state index is 13.3. The third-order valence-corrected chi connectivity index (χ3v) is 8.07. The van der Waals surface area contributed by atoms with Crippen molar-refractivity contribution in [2.24, 2.45) is 34.8 Å². The van der Waals surface area contributed by atoms with E-state index < -0.39 is 11.6 Å². The van der Waals surface area contributed by atoms with E-state index in [0.29, 0.717) is 30.1 Å². The Morgan fingerprint density at radius 3 is 2.54 bits per heavy atom. The SMILES string of the molecule is C[C@H]1[C@H]2C[C@@H](C#N)N(C(=O)[C@H](N)C34CC5CC(CC(O)(C5)C3)C4)[C@@H]12. The van der Waals surface area contributed by atoms with Crippen LogP contribution >= 0.6 is 0 Å². The van der Waals surface area contributed by atoms with Gasteiger partial charge in [0.15, 0.2) is 0 Å². The highest BCUT2D eigenvalue weighted by Gasteiger charge is 2.64. The van der Waals surface area contributed by atoms with Crippen LogP contribution < -0.4 is 5.73 Å². The first-order valence-electron chi connectivity index (χ1n) is 9.56. The second kappa shape index (κ2) is 4.53. The molecule has 6 fully saturated rings. The first kappa shape index (κ1) is 15.2. The minimum atomic E-state index is -0.600. The standard InChI is InChI=1S/C19H27N3O2/c1-10-14-3-13(8-20)22(15(10)14)17(23)16(21)18-4-11-2-12(5-18)7-19(24,6-11)9-18/h10-16,24H,2-7,9,21H2,1H3/t10-,11?,12?,13-,14+,15-,16-,18?,19?/m0/s1. The molecule has 6 rings (SSSR count). The van der Waals surface area contributed by atoms with Gasteiger partial charge in [0.1, 0.15) is 6.04 Å². The average molecular weight is 329 g/mol. The molecule has 5 heteroatoms. The van der Waals surface area contributed by atoms with E-state index in [2.05, 4.69) is 13.0 Å². The predicted octanol–water partition coefficient (Wildman–Crippen LogP) is 1.40. The summed E-state index contributed by atoms with van der Waals surface area (Å²) in [6.45, 7) is 2.17. The summed E-state index contributed by atoms with van der Waals surface area (Å²) >= 11 is 0. The number of likely N-dealkylation sites (tertiary alicyclic amines) is 1. The maximum absolute atomic E-state index is 13.3. The Morgan fingerprint density at radius 2 is 1.96 bits per heavy atom. The molecule has 0 radical (unpaired) electrons. The zero-order valence-electron chi connectivity index (χ0n) is 14.3. The van der Waals surface area contributed by atoms with E-state index in [0.717, 1.165) is 32.1 Å². The van der Waals surface area contributed by atoms with Crippen molar-refractivity contribution in [3.8, 4) is 6.07 Å². The molecular weight excluding hydrogens is 302 g/mol. The number of hydrogen-bond acceptors (Lipinski definition) is 4. The maximum Gasteiger partial charge on any atom is 0.241 e. The lowest BCUT2D eigenvalue weighted by molar-refractivity contribution is -0.177. The van der Waals surface area contributed by atoms with Gasteiger partial charge >= 0.3 is 0 Å². The zero-order chi connectivity index (χ0) is 16.9. The Bertz CT molecular complexity index is 627. The summed E-state index contributed by atoms with van der Waals surface area (Å²) < 4.78 is 0. The number of fused-ring (bicyclic) bond motifs is 1. The van der Waals surface area contributed by atoms with Crippen LogP contribution in [0.25, 0.3) is 0 Å². The summed E-state index contributed by atoms with van der Waals surface area (Å²) in [7, 11) is 0. The molecule has 0 aromatic rings. The Morgan fingerprint density at radius 1 is 1.29 bits per heavy atom. The van der Waals surface area contributed by atoms with E-state index in [4.69, 9.17) is 5.73 Å². The van der Waals surface area contributed by atoms with Crippen LogP contribution in [0.2, 0.25) is 0 Å². The molecule has 4 bridgehead atoms. The van der Waals surface area contributed by atoms with Crippen LogP contribution in [0, 0.1) is 40.4 Å². The molecule has 5 nitrogen and oxygen atoms in total. The highest BCUT2D eigenvalue weighted by atomic mass is 16.3. The fourth-order valence-corrected chi connectivity index (χ4v) is 7.40. The van der Waals surface area contributed by atoms with E-state index in [1.165, 1.54) is 6.42 Å². The molecule has 2 unspecified atom stereocenters. The van der Waals surface area contributed by atoms with E-state index in [-0.39, 0.29) is 23.4 Å². The largest absolute Gasteiger partial charge is 0.390 e. The quantitative estimate of drug-likeness (QED) is 0.801. The van der Waals surface area contributed by atoms with Crippen LogP contribution in [0.3, 0.4) is 0 Å². The lowest BCUT2D eigenvalue weighted by atomic mass is 9.46. The second-order valence-corrected chi connectivity index (χ2v) is 9.67. The molecular formula is C19H27N3O2. The number of amides is 1. The highest BCUT2D eigenvalue weighted by Crippen LogP contribution is 2.63. The summed E-state index contributed by atoms with van der Waals surface area (Å²) in [5.74, 6) is 2.02. The number of nitrogens with zero attached hydrogens (tertiary/aromatic N) is 2. The number of nitriles is 1. The molecule has 1 amide bonds. The molecule has 24 heavy (non-hydrogen) atoms. The summed E-state index contributed by atoms with van der Waals surface area (Å²) in [5.41, 5.74) is 5.74. The number of piperidine rings is 1. The normalized spacial score (nSPS) is 55.2. The minimum Gasteiger partial charge on any atom is -0.390 e. The smallest absolute Gasteiger partial charge is 0.241 e. The fourth-order valence-electron chi connectivity index (χ4n) is 7.40. The summed E-state index contributed by atoms with van der Waals surface area (Å²) in [4.78, 5) is 15.1. The molecule has 0 spiro atoms. The molecule has 0 aromatic carbocycles. The van der Waals surface area contributed by atoms with Crippen molar-refractivity contribution in [2.75, 3.05) is 0 Å². The van der Waals surface area contributed by atoms with Crippen LogP contribution in [-0.2, 0) is 4.79 Å². The van der Waals surface area contributed by atoms with Crippen molar-refractivity contribution < 1.29 is 9.90 Å². The van der Waals surface area contributed by atoms with Gasteiger partial charge in [0, 0.05) is 6.04 Å². The van der Waals surface area contributed by atoms with Gasteiger partial charge in [-0.1, -0.05) is 6.92 Å². The molecule has 1 aliphatic heterocycles. The second-order valence-electron chi connectivity index (χ2n) is 9.67. The van der Waals surface area contributed by atoms with Gasteiger partial charge in [-0.15, -0.1) is 0 Å². The van der Waals surface area contributed by atoms with E-state index >= 15 is 0 Å². The first-order chi connectivity index (χ1) is 11.4. The van der Waals surface area contributed by atoms with Crippen LogP contribution in [0.4, 0.5) is 0 Å². The number of carbonyl (C=O) groups excluding carboxylic acids is 1. The van der Waals surface area contributed by atoms with Crippen LogP contribution in [0.15, 0.2) is 0 Å². The Kier molecular flexibility index (Phi) is 2.86. The van der Waals surface area contributed by atoms with Gasteiger partial charge in [0.05, 0.1) is 17.7 Å². The summed E-state index contributed by atoms with van der Waals surface area (Å²) in [6, 6.07) is 1.68. The van der Waals surface area contributed by atoms with Gasteiger partial charge in [0.2, 0.25) is 5.91 Å². The molecule has 5 aliphatic carbocycles. The zero-order valence-corrected chi connectivity index (χ0v) is 14.3. The van der Waals surface area contributed by atoms with Gasteiger partial charge in [-0.2, -0.15) is 5.26 Å². The van der Waals surface area contributed by atoms with Crippen molar-refractivity contribution in [1.82, 2.24) is 4.90 Å². The molecule has 0 aromatic heterocycles. The van der Waals surface area contributed by atoms with Crippen molar-refractivity contribution in [3.63, 3.8) is 0 Å². The third-order valence-electron chi connectivity index (χ3n) is 8.07. The van der Waals surface area contributed by atoms with Crippen molar-refractivity contribution in [2.45, 2.75) is 75.6 Å². The topological polar surface area (TPSA) is 90.4 Å². The number of nitrogens with two attached hydrogens (primary N) is 1. The highest BCUT2D eigenvalue weighted by molar-refractivity contribution is 5.84. The number of carbonyl (C=O) groups is 1. The molecule has 7 atom stereocenters. The summed E-state index contributed by atoms with van der Waals surface area (Å²) in [5, 5.41) is 20.4. The monoisotopic (exact) mass is 329 g/mol. The van der Waals surface area contributed by atoms with Crippen molar-refractivity contribution in [1.29, 1.82) is 5.26 Å². The molecule has 3 N–H and O–H groups in total. The molecule has 1 heterocycles. The van der Waals surface area contributed by atoms with E-state index in [1.54, 1.807) is 0 Å². The number of aliphatic hydroxyl groups is 1. The number of hydrogen-bond donors (Lipinski definition) is 2. The molecule has 130 valence electrons. The lowest BCUT2D eigenvalue weighted by Crippen LogP contribution is -2.65. The Balaban J connectivity index is 1.43. The average Bonchev–Trinajstić information content (AvgIpc) is 2.96. The van der Waals surface area contributed by atoms with Gasteiger partial charge in [-0.3, -0.25) is 4.79 Å². The summed E-state index contributed by atoms with van der Waals surface area (Å²) in [6.07, 6.45) is 6.41. The minimum absolute atomic E-state index is 0.0241. The van der Waals surface area contributed by atoms with Gasteiger partial charge in [-0.05, 0) is 74.0 Å². The predicted molar refractivity (Wildman–Crippen MR) is 87.3 cm³/mol. The lowest BCUT2D eigenvalue weighted by Gasteiger charge is -2.61. The van der Waals surface area contributed by atoms with E-state index in [1.807, 2.05) is 4.90 Å². The van der Waals surface area contributed by atoms with Crippen molar-refractivity contribution >= 4 is 5.91 Å². The molecule has 1 saturated heterocycles. The van der Waals surface area contributed by atoms with Gasteiger partial charge in [0.25, 0.3) is 0 Å². The Hall–Kier alpha value is -1.12. The van der Waals surface area contributed by atoms with Crippen LogP contribution in [-0.4, -0.2) is 39.6 Å². The molecule has 5 saturated carbocycles. The molecule has 6 aliphatic rings. The number of rotatable bonds is 2. The Labute approximate surface area is 143 Å². The first-order valence-corrected chi connectivity index (χ1v) is 9.56. The van der Waals surface area contributed by atoms with Gasteiger partial charge in [-0.25, -0.2) is 0 Å².